The van der Waals surface area contributed by atoms with Crippen molar-refractivity contribution in [3.63, 3.8) is 0 Å². The Morgan fingerprint density at radius 1 is 1.14 bits per heavy atom. The molecule has 0 amide bonds. The van der Waals surface area contributed by atoms with Gasteiger partial charge in [0, 0.05) is 0 Å². The van der Waals surface area contributed by atoms with Gasteiger partial charge in [0.15, 0.2) is 0 Å². The van der Waals surface area contributed by atoms with Crippen LogP contribution < -0.4 is 10.5 Å². The van der Waals surface area contributed by atoms with E-state index in [2.05, 4.69) is 10.5 Å². The Bertz CT molecular complexity index is 51.7. The number of hydrogen-bond donors (Lipinski definition) is 2. The molecule has 5 heteroatoms. The van der Waals surface area contributed by atoms with E-state index in [4.69, 9.17) is 22.9 Å². The van der Waals surface area contributed by atoms with Crippen molar-refractivity contribution in [3.05, 3.63) is 0 Å². The molecule has 2 nitrogen and oxygen atoms in total. The fourth-order valence-electron chi connectivity index (χ4n) is 0.144. The van der Waals surface area contributed by atoms with Crippen molar-refractivity contribution < 1.29 is 0 Å². The first-order chi connectivity index (χ1) is 3.12. The summed E-state index contributed by atoms with van der Waals surface area (Å²) in [5, 5.41) is 3.82. The van der Waals surface area contributed by atoms with Crippen LogP contribution >= 0.6 is 22.9 Å². The molecule has 0 aromatic heterocycles. The first-order valence-corrected chi connectivity index (χ1v) is 2.89. The predicted molar refractivity (Wildman–Crippen MR) is 35.6 cm³/mol. The van der Waals surface area contributed by atoms with Crippen LogP contribution in [0.1, 0.15) is 0 Å². The minimum atomic E-state index is -1.53. The molecule has 0 fully saturated rings. The third-order valence-electron chi connectivity index (χ3n) is 0.725. The molecule has 0 atom stereocenters. The monoisotopic (exact) mass is 141 g/mol. The Morgan fingerprint density at radius 2 is 1.43 bits per heavy atom. The van der Waals surface area contributed by atoms with Gasteiger partial charge in [-0.3, -0.25) is 0 Å². The quantitative estimate of drug-likeness (QED) is 0.543. The summed E-state index contributed by atoms with van der Waals surface area (Å²) in [7, 11) is 3.38. The fraction of sp³-hybridized carbons (Fsp3) is 1.00. The van der Waals surface area contributed by atoms with Gasteiger partial charge < -0.3 is 33.4 Å². The van der Waals surface area contributed by atoms with Gasteiger partial charge in [-0.2, -0.15) is 0 Å². The molecule has 0 spiro atoms. The van der Waals surface area contributed by atoms with E-state index in [-0.39, 0.29) is 0 Å². The van der Waals surface area contributed by atoms with E-state index in [1.807, 2.05) is 0 Å². The second-order valence-electron chi connectivity index (χ2n) is 1.24. The maximum atomic E-state index is 5.51. The topological polar surface area (TPSA) is 24.1 Å². The molecule has 0 aromatic carbocycles. The number of hydrogen-bond acceptors (Lipinski definition) is 2. The van der Waals surface area contributed by atoms with E-state index >= 15 is 0 Å². The highest BCUT2D eigenvalue weighted by molar-refractivity contribution is 7.43. The summed E-state index contributed by atoms with van der Waals surface area (Å²) >= 11 is 11.0. The van der Waals surface area contributed by atoms with Crippen molar-refractivity contribution in [1.29, 1.82) is 0 Å². The van der Waals surface area contributed by atoms with Gasteiger partial charge in [0.1, 0.15) is 0 Å². The van der Waals surface area contributed by atoms with Crippen molar-refractivity contribution in [2.75, 3.05) is 14.1 Å². The lowest BCUT2D eigenvalue weighted by Crippen LogP contribution is -2.49. The zero-order valence-electron chi connectivity index (χ0n) is 4.33. The minimum Gasteiger partial charge on any atom is -0.451 e. The van der Waals surface area contributed by atoms with Gasteiger partial charge in [0.25, 0.3) is 5.25 Å². The summed E-state index contributed by atoms with van der Waals surface area (Å²) in [6, 6.07) is 0. The molecule has 0 radical (unpaired) electrons. The van der Waals surface area contributed by atoms with Gasteiger partial charge in [-0.1, -0.05) is 14.1 Å². The number of rotatable bonds is 2. The predicted octanol–water partition coefficient (Wildman–Crippen LogP) is 0.338. The summed E-state index contributed by atoms with van der Waals surface area (Å²) in [6.45, 7) is 0. The molecule has 0 heterocycles. The molecule has 0 aromatic rings. The minimum absolute atomic E-state index is 1.53. The van der Waals surface area contributed by atoms with Gasteiger partial charge in [-0.25, -0.2) is 0 Å². The summed E-state index contributed by atoms with van der Waals surface area (Å²) < 4.78 is 0. The van der Waals surface area contributed by atoms with Crippen molar-refractivity contribution in [2.24, 2.45) is 0 Å². The maximum absolute atomic E-state index is 5.51. The smallest absolute Gasteiger partial charge is 0.297 e. The molecular weight excluding hydrogens is 134 g/mol. The summed E-state index contributed by atoms with van der Waals surface area (Å²) in [5.41, 5.74) is 0. The van der Waals surface area contributed by atoms with Crippen LogP contribution in [0.3, 0.4) is 0 Å². The van der Waals surface area contributed by atoms with Crippen LogP contribution in [0, 0.1) is 0 Å². The average Bonchev–Trinajstić information content (AvgIpc) is 1.68. The molecule has 0 aliphatic rings. The third kappa shape index (κ3) is 3.17. The Labute approximate surface area is 53.3 Å². The zero-order valence-corrected chi connectivity index (χ0v) is 5.85. The van der Waals surface area contributed by atoms with Crippen molar-refractivity contribution in [3.8, 4) is 0 Å². The lowest BCUT2D eigenvalue weighted by atomic mass is 10.1. The lowest BCUT2D eigenvalue weighted by molar-refractivity contribution is 1.10. The standard InChI is InChI=1S/C2H8BCl2N2/c1-6-3(4,5)7-2/h6-7H,1-2H3/q-1. The molecule has 0 saturated heterocycles. The van der Waals surface area contributed by atoms with Crippen molar-refractivity contribution in [1.82, 2.24) is 10.5 Å². The highest BCUT2D eigenvalue weighted by atomic mass is 35.5. The van der Waals surface area contributed by atoms with Crippen LogP contribution in [0.2, 0.25) is 0 Å². The van der Waals surface area contributed by atoms with Gasteiger partial charge in [0.2, 0.25) is 0 Å². The Hall–Kier alpha value is 0.565. The Balaban J connectivity index is 3.36. The Morgan fingerprint density at radius 3 is 1.43 bits per heavy atom. The van der Waals surface area contributed by atoms with Crippen LogP contribution in [-0.4, -0.2) is 19.3 Å². The van der Waals surface area contributed by atoms with Crippen LogP contribution in [0.25, 0.3) is 0 Å². The van der Waals surface area contributed by atoms with Gasteiger partial charge >= 0.3 is 0 Å². The number of nitrogens with one attached hydrogen (secondary N) is 2. The average molecular weight is 142 g/mol. The van der Waals surface area contributed by atoms with Crippen LogP contribution in [0.5, 0.6) is 0 Å². The zero-order chi connectivity index (χ0) is 5.91. The van der Waals surface area contributed by atoms with Crippen LogP contribution in [0.15, 0.2) is 0 Å². The molecule has 0 saturated carbocycles. The van der Waals surface area contributed by atoms with E-state index in [0.29, 0.717) is 0 Å². The molecule has 2 N–H and O–H groups in total. The van der Waals surface area contributed by atoms with E-state index in [0.717, 1.165) is 0 Å². The largest absolute Gasteiger partial charge is 0.451 e. The summed E-state index contributed by atoms with van der Waals surface area (Å²) in [6.07, 6.45) is 0. The van der Waals surface area contributed by atoms with Crippen LogP contribution in [-0.2, 0) is 0 Å². The molecule has 0 unspecified atom stereocenters. The van der Waals surface area contributed by atoms with E-state index in [1.165, 1.54) is 0 Å². The third-order valence-corrected chi connectivity index (χ3v) is 1.60. The normalized spacial score (nSPS) is 12.0. The van der Waals surface area contributed by atoms with E-state index in [9.17, 15) is 0 Å². The highest BCUT2D eigenvalue weighted by Gasteiger charge is 2.09. The number of halogens is 2. The molecule has 0 bridgehead atoms. The van der Waals surface area contributed by atoms with E-state index in [1.54, 1.807) is 14.1 Å². The second kappa shape index (κ2) is 2.77. The first kappa shape index (κ1) is 7.56. The van der Waals surface area contributed by atoms with Crippen molar-refractivity contribution >= 4 is 28.2 Å². The van der Waals surface area contributed by atoms with Crippen LogP contribution in [0.4, 0.5) is 0 Å². The molecule has 0 rings (SSSR count). The summed E-state index contributed by atoms with van der Waals surface area (Å²) in [4.78, 5) is 0. The maximum Gasteiger partial charge on any atom is 0.297 e. The fourth-order valence-corrected chi connectivity index (χ4v) is 0.144. The van der Waals surface area contributed by atoms with Gasteiger partial charge in [-0.15, -0.1) is 0 Å². The van der Waals surface area contributed by atoms with Gasteiger partial charge in [0.05, 0.1) is 0 Å². The molecule has 0 aliphatic heterocycles. The second-order valence-corrected chi connectivity index (χ2v) is 2.77. The molecule has 44 valence electrons. The molecule has 0 aliphatic carbocycles. The van der Waals surface area contributed by atoms with Crippen molar-refractivity contribution in [2.45, 2.75) is 0 Å². The molecule has 7 heavy (non-hydrogen) atoms. The Kier molecular flexibility index (Phi) is 3.00. The highest BCUT2D eigenvalue weighted by Crippen LogP contribution is 2.01. The summed E-state index contributed by atoms with van der Waals surface area (Å²) in [5.74, 6) is 0. The lowest BCUT2D eigenvalue weighted by Gasteiger charge is -2.24. The molecular formula is C2H8BCl2N2-. The van der Waals surface area contributed by atoms with Gasteiger partial charge in [-0.05, 0) is 0 Å². The van der Waals surface area contributed by atoms with E-state index < -0.39 is 5.25 Å². The SMILES string of the molecule is CN[B-](Cl)(Cl)NC. The first-order valence-electron chi connectivity index (χ1n) is 2.01.